The van der Waals surface area contributed by atoms with Crippen molar-refractivity contribution in [3.05, 3.63) is 35.7 Å². The van der Waals surface area contributed by atoms with E-state index >= 15 is 0 Å². The minimum absolute atomic E-state index is 0.135. The maximum absolute atomic E-state index is 14.7. The third-order valence-corrected chi connectivity index (χ3v) is 4.84. The zero-order chi connectivity index (χ0) is 19.4. The van der Waals surface area contributed by atoms with Crippen LogP contribution in [0.2, 0.25) is 0 Å². The lowest BCUT2D eigenvalue weighted by Crippen LogP contribution is -2.31. The quantitative estimate of drug-likeness (QED) is 0.801. The normalized spacial score (nSPS) is 19.6. The Morgan fingerprint density at radius 2 is 2.15 bits per heavy atom. The molecule has 1 aromatic rings. The second kappa shape index (κ2) is 8.08. The molecule has 2 N–H and O–H groups in total. The summed E-state index contributed by atoms with van der Waals surface area (Å²) in [4.78, 5) is 26.2. The highest BCUT2D eigenvalue weighted by atomic mass is 19.1. The molecule has 142 valence electrons. The zero-order valence-corrected chi connectivity index (χ0v) is 14.9. The highest BCUT2D eigenvalue weighted by Gasteiger charge is 2.33. The van der Waals surface area contributed by atoms with Gasteiger partial charge in [-0.3, -0.25) is 9.69 Å². The number of rotatable bonds is 5. The van der Waals surface area contributed by atoms with Gasteiger partial charge < -0.3 is 15.4 Å². The van der Waals surface area contributed by atoms with Crippen molar-refractivity contribution in [2.75, 3.05) is 29.4 Å². The molecule has 1 aromatic carbocycles. The Morgan fingerprint density at radius 3 is 2.78 bits per heavy atom. The number of hydrogen-bond donors (Lipinski definition) is 1. The molecule has 0 spiro atoms. The lowest BCUT2D eigenvalue weighted by molar-refractivity contribution is -0.118. The first-order chi connectivity index (χ1) is 13.0. The van der Waals surface area contributed by atoms with Crippen LogP contribution in [0.5, 0.6) is 0 Å². The SMILES string of the molecule is N#CC=C1CCN(c2ccc(N3CC(CCC(N)=O)OC3=O)cc2F)CC1. The Labute approximate surface area is 156 Å². The van der Waals surface area contributed by atoms with Crippen LogP contribution in [-0.2, 0) is 9.53 Å². The van der Waals surface area contributed by atoms with E-state index in [0.717, 1.165) is 18.4 Å². The third kappa shape index (κ3) is 4.37. The van der Waals surface area contributed by atoms with Gasteiger partial charge in [0.25, 0.3) is 0 Å². The van der Waals surface area contributed by atoms with E-state index in [1.165, 1.54) is 11.0 Å². The van der Waals surface area contributed by atoms with Crippen molar-refractivity contribution in [1.82, 2.24) is 0 Å². The number of allylic oxidation sites excluding steroid dienone is 1. The molecule has 2 aliphatic rings. The molecule has 8 heteroatoms. The fourth-order valence-electron chi connectivity index (χ4n) is 3.38. The lowest BCUT2D eigenvalue weighted by Gasteiger charge is -2.30. The number of nitrogens with zero attached hydrogens (tertiary/aromatic N) is 3. The molecule has 2 heterocycles. The molecule has 0 radical (unpaired) electrons. The standard InChI is InChI=1S/C19H21FN4O3/c20-16-11-14(24-12-15(27-19(24)26)2-4-18(22)25)1-3-17(16)23-9-6-13(5-8-21)7-10-23/h1,3,5,11,15H,2,4,6-7,9-10,12H2,(H2,22,25). The van der Waals surface area contributed by atoms with E-state index in [0.29, 0.717) is 30.9 Å². The fraction of sp³-hybridized carbons (Fsp3) is 0.421. The van der Waals surface area contributed by atoms with Crippen LogP contribution in [0, 0.1) is 17.1 Å². The van der Waals surface area contributed by atoms with E-state index in [2.05, 4.69) is 0 Å². The number of piperidine rings is 1. The molecule has 0 bridgehead atoms. The van der Waals surface area contributed by atoms with Crippen LogP contribution in [0.4, 0.5) is 20.6 Å². The average molecular weight is 372 g/mol. The molecule has 0 saturated carbocycles. The van der Waals surface area contributed by atoms with Gasteiger partial charge in [0.1, 0.15) is 11.9 Å². The Morgan fingerprint density at radius 1 is 1.41 bits per heavy atom. The van der Waals surface area contributed by atoms with Crippen LogP contribution < -0.4 is 15.5 Å². The van der Waals surface area contributed by atoms with E-state index in [1.807, 2.05) is 11.0 Å². The number of carbonyl (C=O) groups is 2. The first-order valence-corrected chi connectivity index (χ1v) is 8.86. The van der Waals surface area contributed by atoms with Crippen LogP contribution in [-0.4, -0.2) is 37.7 Å². The molecule has 0 aliphatic carbocycles. The minimum atomic E-state index is -0.555. The summed E-state index contributed by atoms with van der Waals surface area (Å²) in [5.74, 6) is -0.859. The van der Waals surface area contributed by atoms with Gasteiger partial charge in [-0.1, -0.05) is 5.57 Å². The van der Waals surface area contributed by atoms with E-state index < -0.39 is 23.9 Å². The van der Waals surface area contributed by atoms with Crippen LogP contribution in [0.25, 0.3) is 0 Å². The van der Waals surface area contributed by atoms with Gasteiger partial charge in [0.15, 0.2) is 0 Å². The van der Waals surface area contributed by atoms with E-state index in [1.54, 1.807) is 18.2 Å². The van der Waals surface area contributed by atoms with Crippen molar-refractivity contribution in [2.24, 2.45) is 5.73 Å². The van der Waals surface area contributed by atoms with Gasteiger partial charge >= 0.3 is 6.09 Å². The van der Waals surface area contributed by atoms with Crippen molar-refractivity contribution in [1.29, 1.82) is 5.26 Å². The molecule has 1 atom stereocenters. The molecule has 27 heavy (non-hydrogen) atoms. The van der Waals surface area contributed by atoms with E-state index in [9.17, 15) is 14.0 Å². The second-order valence-corrected chi connectivity index (χ2v) is 6.68. The highest BCUT2D eigenvalue weighted by molar-refractivity contribution is 5.90. The van der Waals surface area contributed by atoms with Gasteiger partial charge in [-0.2, -0.15) is 5.26 Å². The van der Waals surface area contributed by atoms with Gasteiger partial charge in [-0.05, 0) is 37.5 Å². The molecule has 2 saturated heterocycles. The summed E-state index contributed by atoms with van der Waals surface area (Å²) in [6.07, 6.45) is 2.52. The van der Waals surface area contributed by atoms with Crippen LogP contribution in [0.15, 0.2) is 29.8 Å². The van der Waals surface area contributed by atoms with Crippen molar-refractivity contribution < 1.29 is 18.7 Å². The maximum atomic E-state index is 14.7. The predicted octanol–water partition coefficient (Wildman–Crippen LogP) is 2.47. The number of benzene rings is 1. The summed E-state index contributed by atoms with van der Waals surface area (Å²) >= 11 is 0. The molecular weight excluding hydrogens is 351 g/mol. The number of halogens is 1. The topological polar surface area (TPSA) is 99.7 Å². The van der Waals surface area contributed by atoms with E-state index in [4.69, 9.17) is 15.7 Å². The number of hydrogen-bond acceptors (Lipinski definition) is 5. The van der Waals surface area contributed by atoms with Gasteiger partial charge in [-0.15, -0.1) is 0 Å². The lowest BCUT2D eigenvalue weighted by atomic mass is 10.0. The van der Waals surface area contributed by atoms with E-state index in [-0.39, 0.29) is 13.0 Å². The summed E-state index contributed by atoms with van der Waals surface area (Å²) < 4.78 is 19.9. The number of anilines is 2. The van der Waals surface area contributed by atoms with Crippen molar-refractivity contribution >= 4 is 23.4 Å². The zero-order valence-electron chi connectivity index (χ0n) is 14.9. The Balaban J connectivity index is 1.67. The predicted molar refractivity (Wildman–Crippen MR) is 97.6 cm³/mol. The fourth-order valence-corrected chi connectivity index (χ4v) is 3.38. The molecule has 3 rings (SSSR count). The third-order valence-electron chi connectivity index (χ3n) is 4.84. The number of cyclic esters (lactones) is 1. The maximum Gasteiger partial charge on any atom is 0.414 e. The Hall–Kier alpha value is -3.08. The van der Waals surface area contributed by atoms with Gasteiger partial charge in [0.2, 0.25) is 5.91 Å². The molecule has 2 amide bonds. The molecular formula is C19H21FN4O3. The van der Waals surface area contributed by atoms with Crippen LogP contribution >= 0.6 is 0 Å². The smallest absolute Gasteiger partial charge is 0.414 e. The van der Waals surface area contributed by atoms with Crippen molar-refractivity contribution in [3.63, 3.8) is 0 Å². The number of primary amides is 1. The van der Waals surface area contributed by atoms with Crippen LogP contribution in [0.3, 0.4) is 0 Å². The largest absolute Gasteiger partial charge is 0.444 e. The van der Waals surface area contributed by atoms with Gasteiger partial charge in [-0.25, -0.2) is 9.18 Å². The minimum Gasteiger partial charge on any atom is -0.444 e. The number of nitrogens with two attached hydrogens (primary N) is 1. The van der Waals surface area contributed by atoms with Crippen molar-refractivity contribution in [3.8, 4) is 6.07 Å². The number of carbonyl (C=O) groups excluding carboxylic acids is 2. The van der Waals surface area contributed by atoms with Gasteiger partial charge in [0, 0.05) is 25.6 Å². The highest BCUT2D eigenvalue weighted by Crippen LogP contribution is 2.30. The molecule has 2 aliphatic heterocycles. The summed E-state index contributed by atoms with van der Waals surface area (Å²) in [6, 6.07) is 6.71. The summed E-state index contributed by atoms with van der Waals surface area (Å²) in [7, 11) is 0. The number of nitriles is 1. The number of amides is 2. The molecule has 2 fully saturated rings. The average Bonchev–Trinajstić information content (AvgIpc) is 3.02. The van der Waals surface area contributed by atoms with Crippen LogP contribution in [0.1, 0.15) is 25.7 Å². The van der Waals surface area contributed by atoms with Gasteiger partial charge in [0.05, 0.1) is 24.0 Å². The van der Waals surface area contributed by atoms with Crippen molar-refractivity contribution in [2.45, 2.75) is 31.8 Å². The summed E-state index contributed by atoms with van der Waals surface area (Å²) in [5.41, 5.74) is 7.09. The summed E-state index contributed by atoms with van der Waals surface area (Å²) in [6.45, 7) is 1.55. The second-order valence-electron chi connectivity index (χ2n) is 6.68. The molecule has 1 unspecified atom stereocenters. The summed E-state index contributed by atoms with van der Waals surface area (Å²) in [5, 5.41) is 8.72. The molecule has 7 nitrogen and oxygen atoms in total. The Kier molecular flexibility index (Phi) is 5.60. The monoisotopic (exact) mass is 372 g/mol. The first kappa shape index (κ1) is 18.7. The Bertz CT molecular complexity index is 808. The molecule has 0 aromatic heterocycles. The number of ether oxygens (including phenoxy) is 1. The first-order valence-electron chi connectivity index (χ1n) is 8.86.